The highest BCUT2D eigenvalue weighted by molar-refractivity contribution is 5.00. The maximum absolute atomic E-state index is 4.14. The zero-order valence-electron chi connectivity index (χ0n) is 11.1. The van der Waals surface area contributed by atoms with E-state index in [9.17, 15) is 0 Å². The number of hydrogen-bond acceptors (Lipinski definition) is 3. The molecule has 1 N–H and O–H groups in total. The first-order valence-corrected chi connectivity index (χ1v) is 6.46. The number of piperazine rings is 1. The normalized spacial score (nSPS) is 19.2. The number of nitrogens with zero attached hydrogens (tertiary/aromatic N) is 2. The Bertz CT molecular complexity index is 205. The van der Waals surface area contributed by atoms with Crippen molar-refractivity contribution < 1.29 is 0 Å². The van der Waals surface area contributed by atoms with Gasteiger partial charge in [0.25, 0.3) is 0 Å². The molecule has 0 aliphatic carbocycles. The summed E-state index contributed by atoms with van der Waals surface area (Å²) in [5.74, 6) is 0. The molecule has 3 nitrogen and oxygen atoms in total. The third kappa shape index (κ3) is 5.10. The molecule has 0 saturated carbocycles. The quantitative estimate of drug-likeness (QED) is 0.685. The molecule has 1 fully saturated rings. The van der Waals surface area contributed by atoms with Crippen LogP contribution in [0.15, 0.2) is 12.2 Å². The summed E-state index contributed by atoms with van der Waals surface area (Å²) in [6.07, 6.45) is 0. The van der Waals surface area contributed by atoms with E-state index < -0.39 is 0 Å². The molecule has 0 unspecified atom stereocenters. The lowest BCUT2D eigenvalue weighted by atomic mass is 10.2. The molecule has 1 heterocycles. The van der Waals surface area contributed by atoms with E-state index in [1.165, 1.54) is 38.3 Å². The first kappa shape index (κ1) is 13.7. The van der Waals surface area contributed by atoms with E-state index in [2.05, 4.69) is 42.5 Å². The minimum Gasteiger partial charge on any atom is -0.311 e. The second kappa shape index (κ2) is 7.05. The number of rotatable bonds is 6. The second-order valence-electron chi connectivity index (χ2n) is 5.00. The van der Waals surface area contributed by atoms with Crippen LogP contribution in [0.3, 0.4) is 0 Å². The van der Waals surface area contributed by atoms with Crippen LogP contribution in [0.2, 0.25) is 0 Å². The molecule has 0 aromatic carbocycles. The highest BCUT2D eigenvalue weighted by atomic mass is 15.3. The molecule has 16 heavy (non-hydrogen) atoms. The SMILES string of the molecule is C=C(CNC(C)C)CN1CCN(CC)CC1. The van der Waals surface area contributed by atoms with Crippen LogP contribution in [0.4, 0.5) is 0 Å². The summed E-state index contributed by atoms with van der Waals surface area (Å²) >= 11 is 0. The molecule has 0 spiro atoms. The van der Waals surface area contributed by atoms with Crippen molar-refractivity contribution >= 4 is 0 Å². The molecule has 1 aliphatic rings. The number of nitrogens with one attached hydrogen (secondary N) is 1. The minimum absolute atomic E-state index is 0.550. The molecule has 94 valence electrons. The highest BCUT2D eigenvalue weighted by Gasteiger charge is 2.15. The summed E-state index contributed by atoms with van der Waals surface area (Å²) in [5, 5.41) is 3.42. The summed E-state index contributed by atoms with van der Waals surface area (Å²) in [7, 11) is 0. The van der Waals surface area contributed by atoms with Crippen molar-refractivity contribution in [3.8, 4) is 0 Å². The van der Waals surface area contributed by atoms with Gasteiger partial charge in [0.2, 0.25) is 0 Å². The average molecular weight is 225 g/mol. The van der Waals surface area contributed by atoms with E-state index in [1.54, 1.807) is 0 Å². The van der Waals surface area contributed by atoms with Gasteiger partial charge in [-0.15, -0.1) is 0 Å². The molecular weight excluding hydrogens is 198 g/mol. The second-order valence-corrected chi connectivity index (χ2v) is 5.00. The lowest BCUT2D eigenvalue weighted by Crippen LogP contribution is -2.47. The Morgan fingerprint density at radius 3 is 2.25 bits per heavy atom. The smallest absolute Gasteiger partial charge is 0.0203 e. The summed E-state index contributed by atoms with van der Waals surface area (Å²) in [4.78, 5) is 5.02. The molecule has 0 aromatic heterocycles. The third-order valence-electron chi connectivity index (χ3n) is 3.12. The van der Waals surface area contributed by atoms with Crippen LogP contribution < -0.4 is 5.32 Å². The molecule has 0 bridgehead atoms. The van der Waals surface area contributed by atoms with Gasteiger partial charge in [0, 0.05) is 45.3 Å². The fraction of sp³-hybridized carbons (Fsp3) is 0.846. The van der Waals surface area contributed by atoms with Crippen molar-refractivity contribution in [1.82, 2.24) is 15.1 Å². The van der Waals surface area contributed by atoms with Crippen LogP contribution in [0.25, 0.3) is 0 Å². The van der Waals surface area contributed by atoms with Crippen molar-refractivity contribution in [3.05, 3.63) is 12.2 Å². The van der Waals surface area contributed by atoms with Gasteiger partial charge in [-0.05, 0) is 12.1 Å². The molecule has 0 amide bonds. The van der Waals surface area contributed by atoms with Gasteiger partial charge in [0.15, 0.2) is 0 Å². The van der Waals surface area contributed by atoms with Crippen LogP contribution >= 0.6 is 0 Å². The number of hydrogen-bond donors (Lipinski definition) is 1. The maximum Gasteiger partial charge on any atom is 0.0203 e. The predicted molar refractivity (Wildman–Crippen MR) is 70.8 cm³/mol. The van der Waals surface area contributed by atoms with Crippen LogP contribution in [-0.2, 0) is 0 Å². The molecule has 1 aliphatic heterocycles. The Labute approximate surface area is 100 Å². The molecular formula is C13H27N3. The Morgan fingerprint density at radius 2 is 1.75 bits per heavy atom. The van der Waals surface area contributed by atoms with Gasteiger partial charge in [-0.3, -0.25) is 4.90 Å². The zero-order chi connectivity index (χ0) is 12.0. The van der Waals surface area contributed by atoms with Crippen LogP contribution in [0.1, 0.15) is 20.8 Å². The van der Waals surface area contributed by atoms with E-state index in [4.69, 9.17) is 0 Å². The van der Waals surface area contributed by atoms with Crippen molar-refractivity contribution in [1.29, 1.82) is 0 Å². The van der Waals surface area contributed by atoms with E-state index in [0.29, 0.717) is 6.04 Å². The van der Waals surface area contributed by atoms with Crippen LogP contribution in [0.5, 0.6) is 0 Å². The fourth-order valence-corrected chi connectivity index (χ4v) is 1.98. The predicted octanol–water partition coefficient (Wildman–Crippen LogP) is 1.18. The van der Waals surface area contributed by atoms with Crippen LogP contribution in [-0.4, -0.2) is 61.7 Å². The Kier molecular flexibility index (Phi) is 6.03. The van der Waals surface area contributed by atoms with Gasteiger partial charge in [-0.1, -0.05) is 27.4 Å². The van der Waals surface area contributed by atoms with Gasteiger partial charge in [0.05, 0.1) is 0 Å². The zero-order valence-corrected chi connectivity index (χ0v) is 11.1. The first-order chi connectivity index (χ1) is 7.61. The summed E-state index contributed by atoms with van der Waals surface area (Å²) in [6.45, 7) is 18.7. The van der Waals surface area contributed by atoms with Gasteiger partial charge in [-0.25, -0.2) is 0 Å². The summed E-state index contributed by atoms with van der Waals surface area (Å²) in [6, 6.07) is 0.550. The fourth-order valence-electron chi connectivity index (χ4n) is 1.98. The average Bonchev–Trinajstić information content (AvgIpc) is 2.27. The van der Waals surface area contributed by atoms with Crippen molar-refractivity contribution in [3.63, 3.8) is 0 Å². The molecule has 1 saturated heterocycles. The van der Waals surface area contributed by atoms with E-state index in [0.717, 1.165) is 13.1 Å². The van der Waals surface area contributed by atoms with Crippen molar-refractivity contribution in [2.24, 2.45) is 0 Å². The number of likely N-dealkylation sites (N-methyl/N-ethyl adjacent to an activating group) is 1. The lowest BCUT2D eigenvalue weighted by molar-refractivity contribution is 0.145. The van der Waals surface area contributed by atoms with Crippen molar-refractivity contribution in [2.45, 2.75) is 26.8 Å². The van der Waals surface area contributed by atoms with Crippen molar-refractivity contribution in [2.75, 3.05) is 45.8 Å². The van der Waals surface area contributed by atoms with E-state index in [1.807, 2.05) is 0 Å². The molecule has 1 rings (SSSR count). The molecule has 0 radical (unpaired) electrons. The third-order valence-corrected chi connectivity index (χ3v) is 3.12. The van der Waals surface area contributed by atoms with Gasteiger partial charge in [0.1, 0.15) is 0 Å². The van der Waals surface area contributed by atoms with E-state index >= 15 is 0 Å². The Morgan fingerprint density at radius 1 is 1.19 bits per heavy atom. The largest absolute Gasteiger partial charge is 0.311 e. The molecule has 0 atom stereocenters. The topological polar surface area (TPSA) is 18.5 Å². The first-order valence-electron chi connectivity index (χ1n) is 6.46. The summed E-state index contributed by atoms with van der Waals surface area (Å²) in [5.41, 5.74) is 1.30. The Balaban J connectivity index is 2.15. The maximum atomic E-state index is 4.14. The molecule has 0 aromatic rings. The van der Waals surface area contributed by atoms with Gasteiger partial charge >= 0.3 is 0 Å². The van der Waals surface area contributed by atoms with Crippen LogP contribution in [0, 0.1) is 0 Å². The lowest BCUT2D eigenvalue weighted by Gasteiger charge is -2.34. The standard InChI is InChI=1S/C13H27N3/c1-5-15-6-8-16(9-7-15)11-13(4)10-14-12(2)3/h12,14H,4-11H2,1-3H3. The monoisotopic (exact) mass is 225 g/mol. The minimum atomic E-state index is 0.550. The van der Waals surface area contributed by atoms with E-state index in [-0.39, 0.29) is 0 Å². The Hall–Kier alpha value is -0.380. The van der Waals surface area contributed by atoms with Gasteiger partial charge in [-0.2, -0.15) is 0 Å². The summed E-state index contributed by atoms with van der Waals surface area (Å²) < 4.78 is 0. The molecule has 3 heteroatoms. The van der Waals surface area contributed by atoms with Gasteiger partial charge < -0.3 is 10.2 Å². The highest BCUT2D eigenvalue weighted by Crippen LogP contribution is 2.03.